The number of nitrogens with one attached hydrogen (secondary N) is 3. The molecule has 0 spiro atoms. The van der Waals surface area contributed by atoms with Gasteiger partial charge in [0.05, 0.1) is 5.69 Å². The average Bonchev–Trinajstić information content (AvgIpc) is 2.92. The lowest BCUT2D eigenvalue weighted by atomic mass is 9.99. The highest BCUT2D eigenvalue weighted by molar-refractivity contribution is 5.92. The molecule has 2 heterocycles. The molecule has 3 N–H and O–H groups in total. The first-order chi connectivity index (χ1) is 11.9. The molecule has 0 bridgehead atoms. The van der Waals surface area contributed by atoms with Crippen molar-refractivity contribution in [2.24, 2.45) is 5.92 Å². The molecule has 1 aromatic heterocycles. The second-order valence-electron chi connectivity index (χ2n) is 6.11. The average molecular weight is 352 g/mol. The zero-order valence-electron chi connectivity index (χ0n) is 13.5. The summed E-state index contributed by atoms with van der Waals surface area (Å²) >= 11 is 0. The number of hydrogen-bond donors (Lipinski definition) is 3. The van der Waals surface area contributed by atoms with Gasteiger partial charge >= 0.3 is 6.18 Å². The normalized spacial score (nSPS) is 18.6. The van der Waals surface area contributed by atoms with Crippen molar-refractivity contribution in [3.63, 3.8) is 0 Å². The summed E-state index contributed by atoms with van der Waals surface area (Å²) in [6, 6.07) is 7.58. The molecular weight excluding hydrogens is 333 g/mol. The van der Waals surface area contributed by atoms with Gasteiger partial charge in [0, 0.05) is 17.2 Å². The van der Waals surface area contributed by atoms with E-state index in [4.69, 9.17) is 0 Å². The fraction of sp³-hybridized carbons (Fsp3) is 0.412. The maximum Gasteiger partial charge on any atom is 0.432 e. The summed E-state index contributed by atoms with van der Waals surface area (Å²) in [5.41, 5.74) is 0.489. The molecule has 2 aromatic rings. The fourth-order valence-corrected chi connectivity index (χ4v) is 2.86. The molecule has 134 valence electrons. The number of aromatic nitrogens is 2. The van der Waals surface area contributed by atoms with Gasteiger partial charge in [-0.25, -0.2) is 0 Å². The molecule has 5 nitrogen and oxygen atoms in total. The molecule has 1 aliphatic heterocycles. The van der Waals surface area contributed by atoms with Crippen LogP contribution in [0.2, 0.25) is 0 Å². The minimum Gasteiger partial charge on any atom is -0.326 e. The number of benzene rings is 1. The number of H-pyrrole nitrogens is 1. The third kappa shape index (κ3) is 4.39. The van der Waals surface area contributed by atoms with Gasteiger partial charge in [-0.1, -0.05) is 12.1 Å². The number of nitrogens with zero attached hydrogens (tertiary/aromatic N) is 1. The second-order valence-corrected chi connectivity index (χ2v) is 6.11. The highest BCUT2D eigenvalue weighted by Crippen LogP contribution is 2.30. The molecule has 0 saturated carbocycles. The Morgan fingerprint density at radius 1 is 1.16 bits per heavy atom. The van der Waals surface area contributed by atoms with E-state index in [0.717, 1.165) is 38.4 Å². The Kier molecular flexibility index (Phi) is 5.08. The van der Waals surface area contributed by atoms with E-state index in [-0.39, 0.29) is 17.5 Å². The van der Waals surface area contributed by atoms with Crippen molar-refractivity contribution in [1.29, 1.82) is 0 Å². The summed E-state index contributed by atoms with van der Waals surface area (Å²) in [6.07, 6.45) is -1.83. The van der Waals surface area contributed by atoms with Crippen LogP contribution in [0.5, 0.6) is 0 Å². The zero-order chi connectivity index (χ0) is 17.9. The van der Waals surface area contributed by atoms with E-state index in [9.17, 15) is 18.0 Å². The molecule has 1 aliphatic rings. The second kappa shape index (κ2) is 7.26. The lowest BCUT2D eigenvalue weighted by Gasteiger charge is -2.14. The van der Waals surface area contributed by atoms with E-state index in [0.29, 0.717) is 11.3 Å². The van der Waals surface area contributed by atoms with Crippen LogP contribution in [0.15, 0.2) is 30.3 Å². The summed E-state index contributed by atoms with van der Waals surface area (Å²) in [6.45, 7) is 1.76. The van der Waals surface area contributed by atoms with E-state index in [1.165, 1.54) is 0 Å². The summed E-state index contributed by atoms with van der Waals surface area (Å²) < 4.78 is 37.8. The van der Waals surface area contributed by atoms with Gasteiger partial charge in [0.1, 0.15) is 5.69 Å². The van der Waals surface area contributed by atoms with Crippen LogP contribution in [-0.2, 0) is 11.0 Å². The van der Waals surface area contributed by atoms with Crippen molar-refractivity contribution in [2.75, 3.05) is 18.4 Å². The quantitative estimate of drug-likeness (QED) is 0.793. The first kappa shape index (κ1) is 17.5. The Morgan fingerprint density at radius 3 is 2.60 bits per heavy atom. The van der Waals surface area contributed by atoms with E-state index >= 15 is 0 Å². The molecule has 1 atom stereocenters. The number of carbonyl (C=O) groups is 1. The summed E-state index contributed by atoms with van der Waals surface area (Å²) in [4.78, 5) is 12.3. The molecule has 8 heteroatoms. The van der Waals surface area contributed by atoms with Gasteiger partial charge in [0.25, 0.3) is 0 Å². The number of carbonyl (C=O) groups excluding carboxylic acids is 1. The predicted octanol–water partition coefficient (Wildman–Crippen LogP) is 3.42. The lowest BCUT2D eigenvalue weighted by molar-refractivity contribution is -0.141. The highest BCUT2D eigenvalue weighted by Gasteiger charge is 2.33. The Hall–Kier alpha value is -2.35. The van der Waals surface area contributed by atoms with Gasteiger partial charge in [-0.15, -0.1) is 0 Å². The topological polar surface area (TPSA) is 69.8 Å². The van der Waals surface area contributed by atoms with E-state index in [2.05, 4.69) is 15.7 Å². The van der Waals surface area contributed by atoms with Crippen LogP contribution in [0, 0.1) is 5.92 Å². The summed E-state index contributed by atoms with van der Waals surface area (Å²) in [5, 5.41) is 11.8. The first-order valence-electron chi connectivity index (χ1n) is 8.18. The number of hydrogen-bond acceptors (Lipinski definition) is 3. The fourth-order valence-electron chi connectivity index (χ4n) is 2.86. The van der Waals surface area contributed by atoms with Crippen LogP contribution < -0.4 is 10.6 Å². The van der Waals surface area contributed by atoms with E-state index in [1.807, 2.05) is 5.10 Å². The Labute approximate surface area is 143 Å². The van der Waals surface area contributed by atoms with Crippen LogP contribution in [0.25, 0.3) is 11.3 Å². The van der Waals surface area contributed by atoms with Gasteiger partial charge in [0.2, 0.25) is 5.91 Å². The maximum absolute atomic E-state index is 12.6. The molecule has 1 aromatic carbocycles. The third-order valence-electron chi connectivity index (χ3n) is 4.28. The Morgan fingerprint density at radius 2 is 1.92 bits per heavy atom. The monoisotopic (exact) mass is 352 g/mol. The Bertz CT molecular complexity index is 716. The molecule has 0 radical (unpaired) electrons. The predicted molar refractivity (Wildman–Crippen MR) is 87.9 cm³/mol. The molecule has 1 saturated heterocycles. The van der Waals surface area contributed by atoms with Crippen molar-refractivity contribution in [3.05, 3.63) is 36.0 Å². The minimum absolute atomic E-state index is 0.0180. The van der Waals surface area contributed by atoms with E-state index in [1.54, 1.807) is 24.3 Å². The van der Waals surface area contributed by atoms with Crippen LogP contribution in [0.4, 0.5) is 18.9 Å². The standard InChI is InChI=1S/C17H19F3N4O/c18-17(19,20)15-10-14(23-24-15)11-3-5-13(6-4-11)22-16(25)12-2-1-8-21-9-7-12/h3-6,10,12,21H,1-2,7-9H2,(H,22,25)(H,23,24). The van der Waals surface area contributed by atoms with Crippen LogP contribution in [0.3, 0.4) is 0 Å². The van der Waals surface area contributed by atoms with Gasteiger partial charge in [-0.05, 0) is 50.6 Å². The molecule has 25 heavy (non-hydrogen) atoms. The molecule has 1 unspecified atom stereocenters. The number of alkyl halides is 3. The summed E-state index contributed by atoms with van der Waals surface area (Å²) in [7, 11) is 0. The highest BCUT2D eigenvalue weighted by atomic mass is 19.4. The van der Waals surface area contributed by atoms with Crippen molar-refractivity contribution >= 4 is 11.6 Å². The van der Waals surface area contributed by atoms with Crippen LogP contribution >= 0.6 is 0 Å². The number of halogens is 3. The zero-order valence-corrected chi connectivity index (χ0v) is 13.5. The molecule has 0 aliphatic carbocycles. The Balaban J connectivity index is 1.65. The van der Waals surface area contributed by atoms with Gasteiger partial charge < -0.3 is 10.6 Å². The minimum atomic E-state index is -4.45. The summed E-state index contributed by atoms with van der Waals surface area (Å²) in [5.74, 6) is -0.0362. The van der Waals surface area contributed by atoms with E-state index < -0.39 is 11.9 Å². The molecular formula is C17H19F3N4O. The number of rotatable bonds is 3. The van der Waals surface area contributed by atoms with Gasteiger partial charge in [0.15, 0.2) is 0 Å². The number of anilines is 1. The largest absolute Gasteiger partial charge is 0.432 e. The van der Waals surface area contributed by atoms with Crippen molar-refractivity contribution in [1.82, 2.24) is 15.5 Å². The van der Waals surface area contributed by atoms with Crippen molar-refractivity contribution in [3.8, 4) is 11.3 Å². The third-order valence-corrected chi connectivity index (χ3v) is 4.28. The lowest BCUT2D eigenvalue weighted by Crippen LogP contribution is -2.24. The first-order valence-corrected chi connectivity index (χ1v) is 8.18. The maximum atomic E-state index is 12.6. The van der Waals surface area contributed by atoms with Crippen molar-refractivity contribution < 1.29 is 18.0 Å². The van der Waals surface area contributed by atoms with Crippen molar-refractivity contribution in [2.45, 2.75) is 25.4 Å². The number of amides is 1. The molecule has 1 amide bonds. The molecule has 3 rings (SSSR count). The SMILES string of the molecule is O=C(Nc1ccc(-c2cc(C(F)(F)F)[nH]n2)cc1)C1CCCNCC1. The van der Waals surface area contributed by atoms with Crippen LogP contribution in [-0.4, -0.2) is 29.2 Å². The van der Waals surface area contributed by atoms with Gasteiger partial charge in [-0.3, -0.25) is 9.89 Å². The smallest absolute Gasteiger partial charge is 0.326 e. The van der Waals surface area contributed by atoms with Gasteiger partial charge in [-0.2, -0.15) is 18.3 Å². The number of aromatic amines is 1. The van der Waals surface area contributed by atoms with Crippen LogP contribution in [0.1, 0.15) is 25.0 Å². The molecule has 1 fully saturated rings.